The van der Waals surface area contributed by atoms with Gasteiger partial charge in [0.15, 0.2) is 0 Å². The van der Waals surface area contributed by atoms with E-state index in [0.717, 1.165) is 0 Å². The fraction of sp³-hybridized carbons (Fsp3) is 0.385. The lowest BCUT2D eigenvalue weighted by molar-refractivity contribution is -0.121. The summed E-state index contributed by atoms with van der Waals surface area (Å²) in [5.74, 6) is -0.594. The fourth-order valence-electron chi connectivity index (χ4n) is 1.47. The molecule has 96 valence electrons. The quantitative estimate of drug-likeness (QED) is 0.839. The van der Waals surface area contributed by atoms with Gasteiger partial charge >= 0.3 is 0 Å². The van der Waals surface area contributed by atoms with Crippen LogP contribution in [0.4, 0.5) is 10.1 Å². The van der Waals surface area contributed by atoms with Crippen molar-refractivity contribution in [3.63, 3.8) is 0 Å². The van der Waals surface area contributed by atoms with E-state index in [1.165, 1.54) is 12.1 Å². The van der Waals surface area contributed by atoms with Crippen LogP contribution in [0.15, 0.2) is 24.3 Å². The topological polar surface area (TPSA) is 64.9 Å². The summed E-state index contributed by atoms with van der Waals surface area (Å²) in [5.41, 5.74) is 0.485. The fourth-order valence-corrected chi connectivity index (χ4v) is 1.47. The van der Waals surface area contributed by atoms with E-state index < -0.39 is 6.04 Å². The summed E-state index contributed by atoms with van der Waals surface area (Å²) in [4.78, 5) is 11.5. The maximum absolute atomic E-state index is 13.0. The van der Waals surface area contributed by atoms with Gasteiger partial charge in [-0.05, 0) is 32.0 Å². The Morgan fingerprint density at radius 2 is 2.22 bits per heavy atom. The van der Waals surface area contributed by atoms with Crippen molar-refractivity contribution in [2.75, 3.05) is 5.32 Å². The highest BCUT2D eigenvalue weighted by Crippen LogP contribution is 2.11. The molecule has 0 bridgehead atoms. The molecule has 1 unspecified atom stereocenters. The van der Waals surface area contributed by atoms with Crippen molar-refractivity contribution in [1.29, 1.82) is 5.26 Å². The molecule has 0 spiro atoms. The van der Waals surface area contributed by atoms with Crippen LogP contribution < -0.4 is 10.6 Å². The lowest BCUT2D eigenvalue weighted by atomic mass is 10.2. The van der Waals surface area contributed by atoms with Gasteiger partial charge in [-0.25, -0.2) is 4.39 Å². The van der Waals surface area contributed by atoms with Crippen LogP contribution in [0.5, 0.6) is 0 Å². The average molecular weight is 249 g/mol. The predicted molar refractivity (Wildman–Crippen MR) is 67.3 cm³/mol. The zero-order valence-corrected chi connectivity index (χ0v) is 10.4. The van der Waals surface area contributed by atoms with E-state index in [1.807, 2.05) is 19.9 Å². The van der Waals surface area contributed by atoms with Gasteiger partial charge < -0.3 is 10.6 Å². The van der Waals surface area contributed by atoms with E-state index in [4.69, 9.17) is 5.26 Å². The number of rotatable bonds is 5. The number of amides is 1. The van der Waals surface area contributed by atoms with Crippen LogP contribution in [0.2, 0.25) is 0 Å². The van der Waals surface area contributed by atoms with Gasteiger partial charge in [0, 0.05) is 11.7 Å². The van der Waals surface area contributed by atoms with E-state index in [1.54, 1.807) is 12.1 Å². The molecule has 0 fully saturated rings. The molecule has 2 N–H and O–H groups in total. The molecule has 4 nitrogen and oxygen atoms in total. The molecule has 1 rings (SSSR count). The number of anilines is 1. The third kappa shape index (κ3) is 4.83. The van der Waals surface area contributed by atoms with E-state index in [9.17, 15) is 9.18 Å². The summed E-state index contributed by atoms with van der Waals surface area (Å²) in [6, 6.07) is 7.13. The van der Waals surface area contributed by atoms with Crippen LogP contribution in [0, 0.1) is 17.1 Å². The number of halogens is 1. The minimum atomic E-state index is -0.675. The molecule has 0 heterocycles. The number of nitrogens with one attached hydrogen (secondary N) is 2. The van der Waals surface area contributed by atoms with Gasteiger partial charge in [0.1, 0.15) is 11.9 Å². The first kappa shape index (κ1) is 14.0. The Hall–Kier alpha value is -2.09. The summed E-state index contributed by atoms with van der Waals surface area (Å²) in [6.07, 6.45) is 0.0329. The molecule has 5 heteroatoms. The zero-order valence-electron chi connectivity index (χ0n) is 10.4. The summed E-state index contributed by atoms with van der Waals surface area (Å²) in [5, 5.41) is 14.5. The molecule has 0 aromatic heterocycles. The van der Waals surface area contributed by atoms with Crippen LogP contribution in [0.1, 0.15) is 20.3 Å². The van der Waals surface area contributed by atoms with Gasteiger partial charge in [-0.1, -0.05) is 6.07 Å². The molecule has 18 heavy (non-hydrogen) atoms. The minimum Gasteiger partial charge on any atom is -0.369 e. The van der Waals surface area contributed by atoms with E-state index in [2.05, 4.69) is 10.6 Å². The van der Waals surface area contributed by atoms with Crippen LogP contribution in [-0.4, -0.2) is 18.0 Å². The van der Waals surface area contributed by atoms with Crippen molar-refractivity contribution in [3.05, 3.63) is 30.1 Å². The van der Waals surface area contributed by atoms with Crippen molar-refractivity contribution < 1.29 is 9.18 Å². The number of hydrogen-bond acceptors (Lipinski definition) is 3. The van der Waals surface area contributed by atoms with E-state index >= 15 is 0 Å². The van der Waals surface area contributed by atoms with Crippen molar-refractivity contribution in [3.8, 4) is 6.07 Å². The Kier molecular flexibility index (Phi) is 5.12. The van der Waals surface area contributed by atoms with Gasteiger partial charge in [-0.3, -0.25) is 4.79 Å². The number of carbonyl (C=O) groups excluding carboxylic acids is 1. The molecular formula is C13H16FN3O. The van der Waals surface area contributed by atoms with Gasteiger partial charge in [0.05, 0.1) is 12.5 Å². The standard InChI is InChI=1S/C13H16FN3O/c1-9(2)16-13(18)7-12(8-15)17-11-5-3-4-10(14)6-11/h3-6,9,12,17H,7H2,1-2H3,(H,16,18). The van der Waals surface area contributed by atoms with Crippen molar-refractivity contribution in [1.82, 2.24) is 5.32 Å². The SMILES string of the molecule is CC(C)NC(=O)CC(C#N)Nc1cccc(F)c1. The molecule has 0 aliphatic carbocycles. The number of hydrogen-bond donors (Lipinski definition) is 2. The first-order valence-corrected chi connectivity index (χ1v) is 5.72. The summed E-state index contributed by atoms with van der Waals surface area (Å²) >= 11 is 0. The van der Waals surface area contributed by atoms with Crippen LogP contribution in [0.25, 0.3) is 0 Å². The first-order chi connectivity index (χ1) is 8.51. The van der Waals surface area contributed by atoms with Crippen molar-refractivity contribution >= 4 is 11.6 Å². The smallest absolute Gasteiger partial charge is 0.223 e. The Labute approximate surface area is 106 Å². The van der Waals surface area contributed by atoms with E-state index in [0.29, 0.717) is 5.69 Å². The van der Waals surface area contributed by atoms with Gasteiger partial charge in [0.2, 0.25) is 5.91 Å². The van der Waals surface area contributed by atoms with Crippen LogP contribution in [0.3, 0.4) is 0 Å². The van der Waals surface area contributed by atoms with Gasteiger partial charge in [0.25, 0.3) is 0 Å². The lowest BCUT2D eigenvalue weighted by Crippen LogP contribution is -2.34. The second-order valence-corrected chi connectivity index (χ2v) is 4.26. The number of benzene rings is 1. The summed E-state index contributed by atoms with van der Waals surface area (Å²) in [6.45, 7) is 3.69. The monoisotopic (exact) mass is 249 g/mol. The van der Waals surface area contributed by atoms with Gasteiger partial charge in [-0.15, -0.1) is 0 Å². The average Bonchev–Trinajstić information content (AvgIpc) is 2.27. The number of carbonyl (C=O) groups is 1. The molecule has 0 aliphatic rings. The Morgan fingerprint density at radius 1 is 1.50 bits per heavy atom. The second kappa shape index (κ2) is 6.60. The molecule has 1 atom stereocenters. The molecule has 1 aromatic rings. The third-order valence-corrected chi connectivity index (χ3v) is 2.16. The third-order valence-electron chi connectivity index (χ3n) is 2.16. The summed E-state index contributed by atoms with van der Waals surface area (Å²) < 4.78 is 13.0. The molecule has 0 aliphatic heterocycles. The zero-order chi connectivity index (χ0) is 13.5. The highest BCUT2D eigenvalue weighted by Gasteiger charge is 2.13. The van der Waals surface area contributed by atoms with Crippen LogP contribution in [-0.2, 0) is 4.79 Å². The highest BCUT2D eigenvalue weighted by atomic mass is 19.1. The maximum atomic E-state index is 13.0. The Morgan fingerprint density at radius 3 is 2.78 bits per heavy atom. The first-order valence-electron chi connectivity index (χ1n) is 5.72. The van der Waals surface area contributed by atoms with Gasteiger partial charge in [-0.2, -0.15) is 5.26 Å². The lowest BCUT2D eigenvalue weighted by Gasteiger charge is -2.14. The number of nitrogens with zero attached hydrogens (tertiary/aromatic N) is 1. The molecular weight excluding hydrogens is 233 g/mol. The Bertz CT molecular complexity index is 454. The molecule has 0 saturated heterocycles. The molecule has 1 aromatic carbocycles. The maximum Gasteiger partial charge on any atom is 0.223 e. The predicted octanol–water partition coefficient (Wildman–Crippen LogP) is 2.04. The van der Waals surface area contributed by atoms with Crippen LogP contribution >= 0.6 is 0 Å². The molecule has 1 amide bonds. The molecule has 0 saturated carbocycles. The summed E-state index contributed by atoms with van der Waals surface area (Å²) in [7, 11) is 0. The second-order valence-electron chi connectivity index (χ2n) is 4.26. The van der Waals surface area contributed by atoms with E-state index in [-0.39, 0.29) is 24.2 Å². The van der Waals surface area contributed by atoms with Crippen molar-refractivity contribution in [2.24, 2.45) is 0 Å². The minimum absolute atomic E-state index is 0.0329. The Balaban J connectivity index is 2.58. The van der Waals surface area contributed by atoms with Crippen molar-refractivity contribution in [2.45, 2.75) is 32.4 Å². The highest BCUT2D eigenvalue weighted by molar-refractivity contribution is 5.77. The normalized spacial score (nSPS) is 11.7. The molecule has 0 radical (unpaired) electrons. The number of nitriles is 1. The largest absolute Gasteiger partial charge is 0.369 e.